The van der Waals surface area contributed by atoms with Crippen molar-refractivity contribution in [2.75, 3.05) is 19.0 Å². The maximum absolute atomic E-state index is 13.6. The SMILES string of the molecule is O=C1COCC2=C1C(c1ccc(F)c(I)c1)C1SCCC1=N2. The number of carbonyl (C=O) groups is 1. The van der Waals surface area contributed by atoms with Gasteiger partial charge in [0.15, 0.2) is 5.78 Å². The Bertz CT molecular complexity index is 731. The zero-order valence-corrected chi connectivity index (χ0v) is 14.6. The maximum Gasteiger partial charge on any atom is 0.187 e. The van der Waals surface area contributed by atoms with Crippen LogP contribution in [-0.4, -0.2) is 35.7 Å². The molecule has 1 saturated heterocycles. The molecule has 0 bridgehead atoms. The zero-order chi connectivity index (χ0) is 15.3. The van der Waals surface area contributed by atoms with Crippen molar-refractivity contribution in [2.45, 2.75) is 17.6 Å². The molecule has 2 unspecified atom stereocenters. The minimum atomic E-state index is -0.222. The number of halogens is 2. The van der Waals surface area contributed by atoms with E-state index in [1.54, 1.807) is 6.07 Å². The molecule has 0 radical (unpaired) electrons. The van der Waals surface area contributed by atoms with E-state index in [1.165, 1.54) is 6.07 Å². The van der Waals surface area contributed by atoms with Gasteiger partial charge in [-0.15, -0.1) is 0 Å². The molecule has 1 aromatic carbocycles. The number of hydrogen-bond acceptors (Lipinski definition) is 4. The molecule has 3 heterocycles. The summed E-state index contributed by atoms with van der Waals surface area (Å²) in [5.74, 6) is 0.787. The number of carbonyl (C=O) groups excluding carboxylic acids is 1. The third-order valence-corrected chi connectivity index (χ3v) is 6.43. The minimum Gasteiger partial charge on any atom is -0.367 e. The number of nitrogens with zero attached hydrogens (tertiary/aromatic N) is 1. The summed E-state index contributed by atoms with van der Waals surface area (Å²) < 4.78 is 19.5. The van der Waals surface area contributed by atoms with E-state index < -0.39 is 0 Å². The normalized spacial score (nSPS) is 27.5. The van der Waals surface area contributed by atoms with Gasteiger partial charge < -0.3 is 4.74 Å². The molecule has 1 fully saturated rings. The molecule has 6 heteroatoms. The number of aliphatic imine (C=N–C) groups is 1. The van der Waals surface area contributed by atoms with Crippen molar-refractivity contribution in [1.29, 1.82) is 0 Å². The first-order valence-corrected chi connectivity index (χ1v) is 9.26. The predicted molar refractivity (Wildman–Crippen MR) is 93.0 cm³/mol. The van der Waals surface area contributed by atoms with E-state index >= 15 is 0 Å². The second-order valence-corrected chi connectivity index (χ2v) is 7.98. The molecule has 0 saturated carbocycles. The Kier molecular flexibility index (Phi) is 3.86. The average Bonchev–Trinajstić information content (AvgIpc) is 2.96. The van der Waals surface area contributed by atoms with E-state index in [-0.39, 0.29) is 29.4 Å². The van der Waals surface area contributed by atoms with Gasteiger partial charge in [0.2, 0.25) is 0 Å². The summed E-state index contributed by atoms with van der Waals surface area (Å²) in [4.78, 5) is 17.1. The molecule has 114 valence electrons. The number of ether oxygens (including phenoxy) is 1. The standard InChI is InChI=1S/C16H13FINO2S/c17-9-2-1-8(5-10(9)18)14-15-12(6-21-7-13(15)20)19-11-3-4-22-16(11)14/h1-2,5,14,16H,3-4,6-7H2. The van der Waals surface area contributed by atoms with Gasteiger partial charge in [-0.25, -0.2) is 4.39 Å². The van der Waals surface area contributed by atoms with E-state index in [4.69, 9.17) is 4.74 Å². The van der Waals surface area contributed by atoms with Gasteiger partial charge in [-0.2, -0.15) is 11.8 Å². The number of Topliss-reactive ketones (excluding diaryl/α,β-unsaturated/α-hetero) is 1. The summed E-state index contributed by atoms with van der Waals surface area (Å²) in [6.45, 7) is 0.520. The molecule has 1 aromatic rings. The lowest BCUT2D eigenvalue weighted by Crippen LogP contribution is -2.35. The first-order valence-electron chi connectivity index (χ1n) is 7.13. The highest BCUT2D eigenvalue weighted by molar-refractivity contribution is 14.1. The van der Waals surface area contributed by atoms with Crippen molar-refractivity contribution in [3.05, 3.63) is 44.4 Å². The van der Waals surface area contributed by atoms with E-state index in [0.717, 1.165) is 34.7 Å². The fourth-order valence-corrected chi connectivity index (χ4v) is 5.28. The monoisotopic (exact) mass is 429 g/mol. The van der Waals surface area contributed by atoms with Gasteiger partial charge in [0, 0.05) is 20.8 Å². The molecule has 0 aliphatic carbocycles. The average molecular weight is 429 g/mol. The Balaban J connectivity index is 1.87. The maximum atomic E-state index is 13.6. The number of hydrogen-bond donors (Lipinski definition) is 0. The fourth-order valence-electron chi connectivity index (χ4n) is 3.31. The smallest absolute Gasteiger partial charge is 0.187 e. The Labute approximate surface area is 145 Å². The first kappa shape index (κ1) is 14.8. The molecule has 0 spiro atoms. The second-order valence-electron chi connectivity index (χ2n) is 5.57. The second kappa shape index (κ2) is 5.72. The van der Waals surface area contributed by atoms with Crippen LogP contribution in [-0.2, 0) is 9.53 Å². The summed E-state index contributed by atoms with van der Waals surface area (Å²) in [6.07, 6.45) is 0.953. The molecule has 2 atom stereocenters. The van der Waals surface area contributed by atoms with Crippen LogP contribution in [0.3, 0.4) is 0 Å². The Morgan fingerprint density at radius 3 is 3.05 bits per heavy atom. The Morgan fingerprint density at radius 2 is 2.23 bits per heavy atom. The summed E-state index contributed by atoms with van der Waals surface area (Å²) in [6, 6.07) is 5.15. The third-order valence-electron chi connectivity index (χ3n) is 4.26. The molecule has 3 aliphatic rings. The molecular weight excluding hydrogens is 416 g/mol. The number of ketones is 1. The van der Waals surface area contributed by atoms with E-state index in [2.05, 4.69) is 4.99 Å². The molecule has 22 heavy (non-hydrogen) atoms. The van der Waals surface area contributed by atoms with Gasteiger partial charge in [-0.1, -0.05) is 6.07 Å². The molecule has 0 aromatic heterocycles. The van der Waals surface area contributed by atoms with Gasteiger partial charge in [0.25, 0.3) is 0 Å². The highest BCUT2D eigenvalue weighted by Crippen LogP contribution is 2.46. The van der Waals surface area contributed by atoms with E-state index in [0.29, 0.717) is 10.2 Å². The van der Waals surface area contributed by atoms with Crippen LogP contribution in [0.5, 0.6) is 0 Å². The van der Waals surface area contributed by atoms with Crippen LogP contribution in [0.2, 0.25) is 0 Å². The van der Waals surface area contributed by atoms with Gasteiger partial charge in [0.05, 0.1) is 17.6 Å². The molecule has 3 aliphatic heterocycles. The molecular formula is C16H13FINO2S. The van der Waals surface area contributed by atoms with Crippen molar-refractivity contribution >= 4 is 45.8 Å². The Morgan fingerprint density at radius 1 is 1.36 bits per heavy atom. The van der Waals surface area contributed by atoms with Crippen molar-refractivity contribution in [2.24, 2.45) is 4.99 Å². The zero-order valence-electron chi connectivity index (χ0n) is 11.6. The predicted octanol–water partition coefficient (Wildman–Crippen LogP) is 3.33. The van der Waals surface area contributed by atoms with Crippen LogP contribution >= 0.6 is 34.4 Å². The van der Waals surface area contributed by atoms with Crippen LogP contribution in [0.4, 0.5) is 4.39 Å². The topological polar surface area (TPSA) is 38.7 Å². The van der Waals surface area contributed by atoms with Crippen molar-refractivity contribution in [3.63, 3.8) is 0 Å². The lowest BCUT2D eigenvalue weighted by Gasteiger charge is -2.33. The molecule has 0 amide bonds. The first-order chi connectivity index (χ1) is 10.6. The van der Waals surface area contributed by atoms with Gasteiger partial charge in [-0.3, -0.25) is 9.79 Å². The van der Waals surface area contributed by atoms with Crippen LogP contribution < -0.4 is 0 Å². The number of fused-ring (bicyclic) bond motifs is 1. The lowest BCUT2D eigenvalue weighted by atomic mass is 9.80. The fraction of sp³-hybridized carbons (Fsp3) is 0.375. The van der Waals surface area contributed by atoms with Gasteiger partial charge >= 0.3 is 0 Å². The summed E-state index contributed by atoms with van der Waals surface area (Å²) >= 11 is 3.84. The van der Waals surface area contributed by atoms with Crippen LogP contribution in [0, 0.1) is 9.39 Å². The third kappa shape index (κ3) is 2.35. The number of thioether (sulfide) groups is 1. The quantitative estimate of drug-likeness (QED) is 0.644. The van der Waals surface area contributed by atoms with Gasteiger partial charge in [-0.05, 0) is 52.5 Å². The van der Waals surface area contributed by atoms with Crippen molar-refractivity contribution in [1.82, 2.24) is 0 Å². The van der Waals surface area contributed by atoms with Crippen LogP contribution in [0.1, 0.15) is 17.9 Å². The summed E-state index contributed by atoms with van der Waals surface area (Å²) in [5.41, 5.74) is 3.69. The van der Waals surface area contributed by atoms with Gasteiger partial charge in [0.1, 0.15) is 12.4 Å². The Hall–Kier alpha value is -0.730. The molecule has 3 nitrogen and oxygen atoms in total. The number of benzene rings is 1. The highest BCUT2D eigenvalue weighted by Gasteiger charge is 2.42. The minimum absolute atomic E-state index is 0.0147. The highest BCUT2D eigenvalue weighted by atomic mass is 127. The largest absolute Gasteiger partial charge is 0.367 e. The summed E-state index contributed by atoms with van der Waals surface area (Å²) in [7, 11) is 0. The van der Waals surface area contributed by atoms with E-state index in [1.807, 2.05) is 40.4 Å². The van der Waals surface area contributed by atoms with Crippen LogP contribution in [0.25, 0.3) is 0 Å². The van der Waals surface area contributed by atoms with Crippen LogP contribution in [0.15, 0.2) is 34.5 Å². The van der Waals surface area contributed by atoms with E-state index in [9.17, 15) is 9.18 Å². The van der Waals surface area contributed by atoms with Crippen molar-refractivity contribution < 1.29 is 13.9 Å². The summed E-state index contributed by atoms with van der Waals surface area (Å²) in [5, 5.41) is 0.196. The molecule has 4 rings (SSSR count). The molecule has 0 N–H and O–H groups in total. The number of rotatable bonds is 1. The van der Waals surface area contributed by atoms with Crippen molar-refractivity contribution in [3.8, 4) is 0 Å². The lowest BCUT2D eigenvalue weighted by molar-refractivity contribution is -0.121.